The minimum Gasteiger partial charge on any atom is -0.496 e. The molecule has 0 unspecified atom stereocenters. The number of Topliss-reactive ketones (excluding diaryl/α,β-unsaturated/α-hetero) is 2. The van der Waals surface area contributed by atoms with Crippen molar-refractivity contribution in [2.45, 2.75) is 12.8 Å². The van der Waals surface area contributed by atoms with Crippen LogP contribution in [0.25, 0.3) is 0 Å². The lowest BCUT2D eigenvalue weighted by atomic mass is 10.1. The fourth-order valence-electron chi connectivity index (χ4n) is 2.66. The lowest BCUT2D eigenvalue weighted by Gasteiger charge is -2.11. The van der Waals surface area contributed by atoms with Crippen LogP contribution in [0, 0.1) is 0 Å². The largest absolute Gasteiger partial charge is 0.496 e. The predicted octanol–water partition coefficient (Wildman–Crippen LogP) is 0.826. The fourth-order valence-corrected chi connectivity index (χ4v) is 3.02. The summed E-state index contributed by atoms with van der Waals surface area (Å²) in [6, 6.07) is 4.91. The number of carbonyl (C=O) groups excluding carboxylic acids is 3. The van der Waals surface area contributed by atoms with Gasteiger partial charge in [-0.3, -0.25) is 28.3 Å². The molecule has 1 aromatic heterocycles. The molecule has 0 atom stereocenters. The van der Waals surface area contributed by atoms with Crippen LogP contribution in [-0.2, 0) is 23.6 Å². The summed E-state index contributed by atoms with van der Waals surface area (Å²) in [5.74, 6) is -1.94. The number of anilines is 1. The first-order valence-corrected chi connectivity index (χ1v) is 9.48. The maximum Gasteiger partial charge on any atom is 0.332 e. The van der Waals surface area contributed by atoms with E-state index >= 15 is 0 Å². The Balaban J connectivity index is 2.02. The van der Waals surface area contributed by atoms with E-state index in [1.165, 1.54) is 21.2 Å². The molecule has 2 rings (SSSR count). The smallest absolute Gasteiger partial charge is 0.332 e. The first-order valence-electron chi connectivity index (χ1n) is 8.69. The third kappa shape index (κ3) is 4.85. The van der Waals surface area contributed by atoms with Gasteiger partial charge in [-0.2, -0.15) is 0 Å². The van der Waals surface area contributed by atoms with Crippen LogP contribution in [0.1, 0.15) is 33.6 Å². The SMILES string of the molecule is COc1ccc(Br)cc1C(=O)CCC(=O)OCC(=O)c1c(N)n(C)c(=O)n(C)c1=O. The summed E-state index contributed by atoms with van der Waals surface area (Å²) in [7, 11) is 3.94. The maximum absolute atomic E-state index is 12.4. The molecular formula is C19H20BrN3O7. The van der Waals surface area contributed by atoms with Gasteiger partial charge in [0.15, 0.2) is 12.4 Å². The molecule has 10 nitrogen and oxygen atoms in total. The minimum atomic E-state index is -0.881. The number of hydrogen-bond donors (Lipinski definition) is 1. The molecule has 0 radical (unpaired) electrons. The van der Waals surface area contributed by atoms with Crippen molar-refractivity contribution in [3.05, 3.63) is 54.6 Å². The van der Waals surface area contributed by atoms with Crippen LogP contribution in [0.3, 0.4) is 0 Å². The molecule has 0 aliphatic carbocycles. The molecule has 1 aromatic carbocycles. The summed E-state index contributed by atoms with van der Waals surface area (Å²) >= 11 is 3.27. The Morgan fingerprint density at radius 3 is 2.37 bits per heavy atom. The molecule has 2 aromatic rings. The van der Waals surface area contributed by atoms with Gasteiger partial charge in [0.05, 0.1) is 19.1 Å². The zero-order valence-corrected chi connectivity index (χ0v) is 18.1. The van der Waals surface area contributed by atoms with E-state index in [-0.39, 0.29) is 24.4 Å². The summed E-state index contributed by atoms with van der Waals surface area (Å²) in [5, 5.41) is 0. The molecule has 0 saturated heterocycles. The number of nitrogens with zero attached hydrogens (tertiary/aromatic N) is 2. The van der Waals surface area contributed by atoms with E-state index in [0.29, 0.717) is 15.8 Å². The van der Waals surface area contributed by atoms with Crippen molar-refractivity contribution in [2.75, 3.05) is 19.5 Å². The highest BCUT2D eigenvalue weighted by Gasteiger charge is 2.22. The van der Waals surface area contributed by atoms with E-state index in [4.69, 9.17) is 15.2 Å². The molecule has 0 bridgehead atoms. The first kappa shape index (κ1) is 23.1. The van der Waals surface area contributed by atoms with Gasteiger partial charge in [-0.25, -0.2) is 4.79 Å². The van der Waals surface area contributed by atoms with Crippen molar-refractivity contribution in [2.24, 2.45) is 14.1 Å². The Hall–Kier alpha value is -3.21. The van der Waals surface area contributed by atoms with Crippen molar-refractivity contribution >= 4 is 39.3 Å². The number of ether oxygens (including phenoxy) is 2. The van der Waals surface area contributed by atoms with Crippen molar-refractivity contribution in [3.8, 4) is 5.75 Å². The second kappa shape index (κ2) is 9.53. The Morgan fingerprint density at radius 1 is 1.07 bits per heavy atom. The average molecular weight is 482 g/mol. The van der Waals surface area contributed by atoms with Crippen molar-refractivity contribution in [1.29, 1.82) is 0 Å². The number of benzene rings is 1. The second-order valence-corrected chi connectivity index (χ2v) is 7.23. The standard InChI is InChI=1S/C19H20BrN3O7/c1-22-17(21)16(18(27)23(2)19(22)28)13(25)9-30-15(26)7-5-12(24)11-8-10(20)4-6-14(11)29-3/h4,6,8H,5,7,9,21H2,1-3H3. The minimum absolute atomic E-state index is 0.163. The molecule has 30 heavy (non-hydrogen) atoms. The molecule has 0 fully saturated rings. The lowest BCUT2D eigenvalue weighted by molar-refractivity contribution is -0.142. The summed E-state index contributed by atoms with van der Waals surface area (Å²) < 4.78 is 12.4. The van der Waals surface area contributed by atoms with Gasteiger partial charge >= 0.3 is 11.7 Å². The predicted molar refractivity (Wildman–Crippen MR) is 111 cm³/mol. The fraction of sp³-hybridized carbons (Fsp3) is 0.316. The number of rotatable bonds is 8. The second-order valence-electron chi connectivity index (χ2n) is 6.32. The molecule has 0 spiro atoms. The Kier molecular flexibility index (Phi) is 7.33. The summed E-state index contributed by atoms with van der Waals surface area (Å²) in [6.45, 7) is -0.745. The van der Waals surface area contributed by atoms with Crippen LogP contribution in [0.15, 0.2) is 32.3 Å². The highest BCUT2D eigenvalue weighted by atomic mass is 79.9. The van der Waals surface area contributed by atoms with Crippen LogP contribution in [0.5, 0.6) is 5.75 Å². The maximum atomic E-state index is 12.4. The summed E-state index contributed by atoms with van der Waals surface area (Å²) in [5.41, 5.74) is 3.98. The molecule has 11 heteroatoms. The average Bonchev–Trinajstić information content (AvgIpc) is 2.73. The number of esters is 1. The van der Waals surface area contributed by atoms with E-state index < -0.39 is 35.2 Å². The van der Waals surface area contributed by atoms with Crippen LogP contribution in [0.4, 0.5) is 5.82 Å². The number of nitrogen functional groups attached to an aromatic ring is 1. The number of carbonyl (C=O) groups is 3. The van der Waals surface area contributed by atoms with E-state index in [0.717, 1.165) is 9.13 Å². The van der Waals surface area contributed by atoms with E-state index in [1.54, 1.807) is 18.2 Å². The van der Waals surface area contributed by atoms with Gasteiger partial charge < -0.3 is 15.2 Å². The first-order chi connectivity index (χ1) is 14.1. The van der Waals surface area contributed by atoms with E-state index in [9.17, 15) is 24.0 Å². The summed E-state index contributed by atoms with van der Waals surface area (Å²) in [6.07, 6.45) is -0.438. The quantitative estimate of drug-likeness (QED) is 0.431. The molecular weight excluding hydrogens is 462 g/mol. The molecule has 0 amide bonds. The van der Waals surface area contributed by atoms with Gasteiger partial charge in [0.2, 0.25) is 5.78 Å². The normalized spacial score (nSPS) is 10.5. The number of hydrogen-bond acceptors (Lipinski definition) is 8. The Bertz CT molecular complexity index is 1130. The zero-order valence-electron chi connectivity index (χ0n) is 16.6. The number of ketones is 2. The van der Waals surface area contributed by atoms with Crippen molar-refractivity contribution < 1.29 is 23.9 Å². The van der Waals surface area contributed by atoms with Gasteiger partial charge in [-0.05, 0) is 18.2 Å². The van der Waals surface area contributed by atoms with E-state index in [1.807, 2.05) is 0 Å². The van der Waals surface area contributed by atoms with Gasteiger partial charge in [0.25, 0.3) is 5.56 Å². The molecule has 0 aliphatic rings. The number of methoxy groups -OCH3 is 1. The van der Waals surface area contributed by atoms with Crippen LogP contribution >= 0.6 is 15.9 Å². The highest BCUT2D eigenvalue weighted by molar-refractivity contribution is 9.10. The topological polar surface area (TPSA) is 140 Å². The number of nitrogens with two attached hydrogens (primary N) is 1. The number of aromatic nitrogens is 2. The number of halogens is 1. The summed E-state index contributed by atoms with van der Waals surface area (Å²) in [4.78, 5) is 60.6. The van der Waals surface area contributed by atoms with Crippen molar-refractivity contribution in [3.63, 3.8) is 0 Å². The van der Waals surface area contributed by atoms with Crippen LogP contribution < -0.4 is 21.7 Å². The van der Waals surface area contributed by atoms with Gasteiger partial charge in [0.1, 0.15) is 17.1 Å². The third-order valence-electron chi connectivity index (χ3n) is 4.37. The Labute approximate surface area is 179 Å². The molecule has 0 aliphatic heterocycles. The molecule has 0 saturated carbocycles. The van der Waals surface area contributed by atoms with Crippen LogP contribution in [0.2, 0.25) is 0 Å². The highest BCUT2D eigenvalue weighted by Crippen LogP contribution is 2.24. The molecule has 2 N–H and O–H groups in total. The third-order valence-corrected chi connectivity index (χ3v) is 4.86. The van der Waals surface area contributed by atoms with Crippen LogP contribution in [-0.4, -0.2) is 40.4 Å². The lowest BCUT2D eigenvalue weighted by Crippen LogP contribution is -2.42. The molecule has 160 valence electrons. The van der Waals surface area contributed by atoms with Gasteiger partial charge in [-0.15, -0.1) is 0 Å². The Morgan fingerprint density at radius 2 is 1.73 bits per heavy atom. The van der Waals surface area contributed by atoms with E-state index in [2.05, 4.69) is 15.9 Å². The monoisotopic (exact) mass is 481 g/mol. The molecule has 1 heterocycles. The zero-order chi connectivity index (χ0) is 22.6. The van der Waals surface area contributed by atoms with Gasteiger partial charge in [-0.1, -0.05) is 15.9 Å². The van der Waals surface area contributed by atoms with Gasteiger partial charge in [0, 0.05) is 25.0 Å². The van der Waals surface area contributed by atoms with Crippen molar-refractivity contribution in [1.82, 2.24) is 9.13 Å².